The van der Waals surface area contributed by atoms with Gasteiger partial charge < -0.3 is 9.88 Å². The molecule has 21 heavy (non-hydrogen) atoms. The van der Waals surface area contributed by atoms with Gasteiger partial charge in [0.2, 0.25) is 0 Å². The smallest absolute Gasteiger partial charge is 0.0219 e. The first-order valence-corrected chi connectivity index (χ1v) is 8.00. The van der Waals surface area contributed by atoms with E-state index in [2.05, 4.69) is 70.8 Å². The normalized spacial score (nSPS) is 18.5. The van der Waals surface area contributed by atoms with Crippen molar-refractivity contribution < 1.29 is 0 Å². The van der Waals surface area contributed by atoms with Crippen molar-refractivity contribution in [2.75, 3.05) is 6.54 Å². The summed E-state index contributed by atoms with van der Waals surface area (Å²) in [7, 11) is 0. The van der Waals surface area contributed by atoms with E-state index in [9.17, 15) is 0 Å². The van der Waals surface area contributed by atoms with Gasteiger partial charge in [0.15, 0.2) is 0 Å². The van der Waals surface area contributed by atoms with Crippen molar-refractivity contribution in [1.29, 1.82) is 0 Å². The molecule has 0 bridgehead atoms. The lowest BCUT2D eigenvalue weighted by molar-refractivity contribution is 0.464. The number of rotatable bonds is 6. The highest BCUT2D eigenvalue weighted by Gasteiger charge is 2.15. The monoisotopic (exact) mass is 280 g/mol. The second-order valence-corrected chi connectivity index (χ2v) is 5.82. The minimum Gasteiger partial charge on any atom is -0.354 e. The average Bonchev–Trinajstić information content (AvgIpc) is 3.06. The van der Waals surface area contributed by atoms with Crippen LogP contribution in [0, 0.1) is 0 Å². The second-order valence-electron chi connectivity index (χ2n) is 5.82. The van der Waals surface area contributed by atoms with E-state index in [1.54, 1.807) is 0 Å². The number of unbranched alkanes of at least 4 members (excludes halogenated alkanes) is 1. The lowest BCUT2D eigenvalue weighted by Crippen LogP contribution is -2.32. The van der Waals surface area contributed by atoms with Crippen molar-refractivity contribution in [2.24, 2.45) is 0 Å². The molecule has 0 radical (unpaired) electrons. The van der Waals surface area contributed by atoms with Gasteiger partial charge in [-0.15, -0.1) is 0 Å². The van der Waals surface area contributed by atoms with Crippen molar-refractivity contribution in [3.63, 3.8) is 0 Å². The summed E-state index contributed by atoms with van der Waals surface area (Å²) in [4.78, 5) is 0. The fourth-order valence-corrected chi connectivity index (χ4v) is 3.07. The van der Waals surface area contributed by atoms with Crippen LogP contribution in [-0.4, -0.2) is 17.2 Å². The molecule has 0 saturated heterocycles. The van der Waals surface area contributed by atoms with Gasteiger partial charge in [0.1, 0.15) is 0 Å². The van der Waals surface area contributed by atoms with Crippen molar-refractivity contribution in [1.82, 2.24) is 9.88 Å². The summed E-state index contributed by atoms with van der Waals surface area (Å²) in [6.45, 7) is 2.15. The molecule has 110 valence electrons. The summed E-state index contributed by atoms with van der Waals surface area (Å²) >= 11 is 0. The van der Waals surface area contributed by atoms with Gasteiger partial charge in [-0.05, 0) is 42.5 Å². The van der Waals surface area contributed by atoms with Crippen LogP contribution in [-0.2, 0) is 6.54 Å². The molecule has 0 spiro atoms. The third kappa shape index (κ3) is 4.08. The summed E-state index contributed by atoms with van der Waals surface area (Å²) in [6.07, 6.45) is 11.6. The summed E-state index contributed by atoms with van der Waals surface area (Å²) in [6, 6.07) is 15.6. The zero-order valence-corrected chi connectivity index (χ0v) is 12.5. The zero-order valence-electron chi connectivity index (χ0n) is 12.5. The first-order chi connectivity index (χ1) is 10.4. The SMILES string of the molecule is C1=C(c2ccccc2)CC(CCCCn2cccc2)NC1. The van der Waals surface area contributed by atoms with Gasteiger partial charge in [0, 0.05) is 31.5 Å². The van der Waals surface area contributed by atoms with Crippen LogP contribution >= 0.6 is 0 Å². The van der Waals surface area contributed by atoms with Gasteiger partial charge in [-0.25, -0.2) is 0 Å². The Hall–Kier alpha value is -1.80. The zero-order chi connectivity index (χ0) is 14.3. The molecular weight excluding hydrogens is 256 g/mol. The van der Waals surface area contributed by atoms with Gasteiger partial charge in [-0.1, -0.05) is 42.8 Å². The van der Waals surface area contributed by atoms with Gasteiger partial charge in [0.05, 0.1) is 0 Å². The van der Waals surface area contributed by atoms with Gasteiger partial charge in [0.25, 0.3) is 0 Å². The minimum atomic E-state index is 0.634. The van der Waals surface area contributed by atoms with E-state index < -0.39 is 0 Å². The van der Waals surface area contributed by atoms with E-state index in [4.69, 9.17) is 0 Å². The molecule has 0 aliphatic carbocycles. The second kappa shape index (κ2) is 7.28. The standard InChI is InChI=1S/C19H24N2/c1-2-8-17(9-3-1)18-11-12-20-19(16-18)10-4-5-13-21-14-6-7-15-21/h1-3,6-9,11,14-15,19-20H,4-5,10,12-13,16H2. The van der Waals surface area contributed by atoms with E-state index in [1.165, 1.54) is 30.4 Å². The molecule has 0 saturated carbocycles. The summed E-state index contributed by atoms with van der Waals surface area (Å²) in [5.41, 5.74) is 2.89. The molecule has 1 N–H and O–H groups in total. The maximum Gasteiger partial charge on any atom is 0.0219 e. The number of hydrogen-bond acceptors (Lipinski definition) is 1. The average molecular weight is 280 g/mol. The Kier molecular flexibility index (Phi) is 4.90. The van der Waals surface area contributed by atoms with Crippen LogP contribution in [0.2, 0.25) is 0 Å². The lowest BCUT2D eigenvalue weighted by Gasteiger charge is -2.24. The number of aromatic nitrogens is 1. The van der Waals surface area contributed by atoms with Gasteiger partial charge >= 0.3 is 0 Å². The molecule has 1 aromatic heterocycles. The van der Waals surface area contributed by atoms with Crippen molar-refractivity contribution in [3.05, 3.63) is 66.5 Å². The number of aryl methyl sites for hydroxylation is 1. The molecule has 1 aliphatic rings. The first-order valence-electron chi connectivity index (χ1n) is 8.00. The van der Waals surface area contributed by atoms with Crippen molar-refractivity contribution in [2.45, 2.75) is 38.3 Å². The highest BCUT2D eigenvalue weighted by atomic mass is 14.9. The van der Waals surface area contributed by atoms with Gasteiger partial charge in [-0.3, -0.25) is 0 Å². The number of nitrogens with one attached hydrogen (secondary N) is 1. The number of nitrogens with zero attached hydrogens (tertiary/aromatic N) is 1. The van der Waals surface area contributed by atoms with Crippen molar-refractivity contribution in [3.8, 4) is 0 Å². The Labute approximate surface area is 127 Å². The molecule has 0 fully saturated rings. The Balaban J connectivity index is 1.44. The number of benzene rings is 1. The Morgan fingerprint density at radius 3 is 2.62 bits per heavy atom. The molecule has 0 amide bonds. The highest BCUT2D eigenvalue weighted by Crippen LogP contribution is 2.24. The summed E-state index contributed by atoms with van der Waals surface area (Å²) in [5.74, 6) is 0. The van der Waals surface area contributed by atoms with E-state index in [0.717, 1.165) is 19.5 Å². The molecule has 1 atom stereocenters. The summed E-state index contributed by atoms with van der Waals surface area (Å²) < 4.78 is 2.27. The van der Waals surface area contributed by atoms with Crippen LogP contribution in [0.4, 0.5) is 0 Å². The minimum absolute atomic E-state index is 0.634. The maximum absolute atomic E-state index is 3.63. The predicted octanol–water partition coefficient (Wildman–Crippen LogP) is 4.10. The van der Waals surface area contributed by atoms with Crippen molar-refractivity contribution >= 4 is 5.57 Å². The molecule has 2 heteroatoms. The van der Waals surface area contributed by atoms with E-state index >= 15 is 0 Å². The van der Waals surface area contributed by atoms with Crippen LogP contribution in [0.25, 0.3) is 5.57 Å². The Morgan fingerprint density at radius 2 is 1.81 bits per heavy atom. The van der Waals surface area contributed by atoms with Crippen LogP contribution in [0.15, 0.2) is 60.9 Å². The Bertz CT molecular complexity index is 555. The van der Waals surface area contributed by atoms with E-state index in [-0.39, 0.29) is 0 Å². The van der Waals surface area contributed by atoms with E-state index in [1.807, 2.05) is 0 Å². The molecule has 2 heterocycles. The quantitative estimate of drug-likeness (QED) is 0.788. The lowest BCUT2D eigenvalue weighted by atomic mass is 9.93. The molecule has 3 rings (SSSR count). The maximum atomic E-state index is 3.63. The van der Waals surface area contributed by atoms with Crippen LogP contribution in [0.3, 0.4) is 0 Å². The van der Waals surface area contributed by atoms with E-state index in [0.29, 0.717) is 6.04 Å². The molecule has 2 nitrogen and oxygen atoms in total. The van der Waals surface area contributed by atoms with Gasteiger partial charge in [-0.2, -0.15) is 0 Å². The van der Waals surface area contributed by atoms with Crippen LogP contribution in [0.5, 0.6) is 0 Å². The molecule has 2 aromatic rings. The first kappa shape index (κ1) is 14.2. The molecular formula is C19H24N2. The topological polar surface area (TPSA) is 17.0 Å². The third-order valence-electron chi connectivity index (χ3n) is 4.25. The molecule has 1 unspecified atom stereocenters. The highest BCUT2D eigenvalue weighted by molar-refractivity contribution is 5.66. The largest absolute Gasteiger partial charge is 0.354 e. The number of hydrogen-bond donors (Lipinski definition) is 1. The molecule has 1 aromatic carbocycles. The summed E-state index contributed by atoms with van der Waals surface area (Å²) in [5, 5.41) is 3.63. The van der Waals surface area contributed by atoms with Crippen LogP contribution < -0.4 is 5.32 Å². The fourth-order valence-electron chi connectivity index (χ4n) is 3.07. The fraction of sp³-hybridized carbons (Fsp3) is 0.368. The third-order valence-corrected chi connectivity index (χ3v) is 4.25. The van der Waals surface area contributed by atoms with Crippen LogP contribution in [0.1, 0.15) is 31.2 Å². The predicted molar refractivity (Wildman–Crippen MR) is 89.1 cm³/mol. The molecule has 1 aliphatic heterocycles. The Morgan fingerprint density at radius 1 is 1.00 bits per heavy atom.